The van der Waals surface area contributed by atoms with Crippen LogP contribution in [0.5, 0.6) is 0 Å². The van der Waals surface area contributed by atoms with Crippen molar-refractivity contribution in [1.29, 1.82) is 0 Å². The van der Waals surface area contributed by atoms with Crippen molar-refractivity contribution in [2.75, 3.05) is 0 Å². The van der Waals surface area contributed by atoms with Crippen LogP contribution in [0.4, 0.5) is 0 Å². The first-order chi connectivity index (χ1) is 14.2. The van der Waals surface area contributed by atoms with Gasteiger partial charge in [0.05, 0.1) is 0 Å². The van der Waals surface area contributed by atoms with Gasteiger partial charge < -0.3 is 0 Å². The minimum atomic E-state index is 0.560. The van der Waals surface area contributed by atoms with Crippen LogP contribution in [0.1, 0.15) is 126 Å². The normalized spacial score (nSPS) is 42.7. The van der Waals surface area contributed by atoms with E-state index in [1.54, 1.807) is 0 Å². The minimum Gasteiger partial charge on any atom is -0.0845 e. The second kappa shape index (κ2) is 9.70. The maximum absolute atomic E-state index is 2.76. The highest BCUT2D eigenvalue weighted by molar-refractivity contribution is 5.25. The van der Waals surface area contributed by atoms with Gasteiger partial charge in [-0.25, -0.2) is 0 Å². The first-order valence-corrected chi connectivity index (χ1v) is 13.9. The van der Waals surface area contributed by atoms with Crippen LogP contribution in [0, 0.1) is 52.3 Å². The monoisotopic (exact) mass is 414 g/mol. The molecule has 0 nitrogen and oxygen atoms in total. The molecule has 174 valence electrons. The molecule has 0 amide bonds. The summed E-state index contributed by atoms with van der Waals surface area (Å²) in [4.78, 5) is 0. The summed E-state index contributed by atoms with van der Waals surface area (Å²) in [6.07, 6.45) is 18.8. The molecular formula is C30H54. The van der Waals surface area contributed by atoms with Gasteiger partial charge in [-0.2, -0.15) is 0 Å². The van der Waals surface area contributed by atoms with Crippen LogP contribution in [0.2, 0.25) is 0 Å². The lowest BCUT2D eigenvalue weighted by atomic mass is 9.46. The molecule has 0 spiro atoms. The highest BCUT2D eigenvalue weighted by Crippen LogP contribution is 2.67. The van der Waals surface area contributed by atoms with E-state index in [0.717, 1.165) is 41.4 Å². The average Bonchev–Trinajstić information content (AvgIpc) is 3.06. The van der Waals surface area contributed by atoms with Crippen molar-refractivity contribution in [2.45, 2.75) is 126 Å². The number of rotatable bonds is 4. The van der Waals surface area contributed by atoms with Crippen molar-refractivity contribution in [1.82, 2.24) is 0 Å². The smallest absolute Gasteiger partial charge is 0.00851 e. The van der Waals surface area contributed by atoms with E-state index in [2.05, 4.69) is 61.5 Å². The van der Waals surface area contributed by atoms with Gasteiger partial charge in [-0.15, -0.1) is 0 Å². The SMILES string of the molecule is CCC(C)C.CCCC1CCC2(C)C(=CCC3C2CCC2(C)C(C(C)C)CCC32)C1. The van der Waals surface area contributed by atoms with Crippen molar-refractivity contribution >= 4 is 0 Å². The molecule has 3 fully saturated rings. The molecule has 0 aliphatic heterocycles. The van der Waals surface area contributed by atoms with Gasteiger partial charge in [0.1, 0.15) is 0 Å². The second-order valence-electron chi connectivity index (χ2n) is 12.9. The third kappa shape index (κ3) is 4.45. The summed E-state index contributed by atoms with van der Waals surface area (Å²) >= 11 is 0. The molecular weight excluding hydrogens is 360 g/mol. The predicted molar refractivity (Wildman–Crippen MR) is 134 cm³/mol. The Morgan fingerprint density at radius 2 is 1.63 bits per heavy atom. The Bertz CT molecular complexity index is 583. The molecule has 0 radical (unpaired) electrons. The first kappa shape index (κ1) is 24.4. The van der Waals surface area contributed by atoms with Crippen molar-refractivity contribution in [3.05, 3.63) is 11.6 Å². The summed E-state index contributed by atoms with van der Waals surface area (Å²) in [6.45, 7) is 19.3. The van der Waals surface area contributed by atoms with E-state index in [9.17, 15) is 0 Å². The number of allylic oxidation sites excluding steroid dienone is 2. The van der Waals surface area contributed by atoms with Gasteiger partial charge in [-0.3, -0.25) is 0 Å². The summed E-state index contributed by atoms with van der Waals surface area (Å²) in [5, 5.41) is 0. The van der Waals surface area contributed by atoms with Crippen molar-refractivity contribution in [2.24, 2.45) is 52.3 Å². The van der Waals surface area contributed by atoms with Gasteiger partial charge in [0, 0.05) is 0 Å². The Morgan fingerprint density at radius 3 is 2.23 bits per heavy atom. The summed E-state index contributed by atoms with van der Waals surface area (Å²) in [5.74, 6) is 6.75. The van der Waals surface area contributed by atoms with Crippen molar-refractivity contribution < 1.29 is 0 Å². The van der Waals surface area contributed by atoms with Gasteiger partial charge in [0.2, 0.25) is 0 Å². The topological polar surface area (TPSA) is 0 Å². The Morgan fingerprint density at radius 1 is 0.933 bits per heavy atom. The fraction of sp³-hybridized carbons (Fsp3) is 0.933. The number of hydrogen-bond acceptors (Lipinski definition) is 0. The van der Waals surface area contributed by atoms with E-state index < -0.39 is 0 Å². The molecule has 4 rings (SSSR count). The van der Waals surface area contributed by atoms with Crippen LogP contribution >= 0.6 is 0 Å². The molecule has 0 aromatic heterocycles. The maximum Gasteiger partial charge on any atom is -0.00851 e. The van der Waals surface area contributed by atoms with E-state index in [1.165, 1.54) is 70.6 Å². The lowest BCUT2D eigenvalue weighted by Gasteiger charge is -2.58. The van der Waals surface area contributed by atoms with E-state index in [0.29, 0.717) is 10.8 Å². The quantitative estimate of drug-likeness (QED) is 0.401. The van der Waals surface area contributed by atoms with Gasteiger partial charge in [-0.1, -0.05) is 86.3 Å². The molecule has 0 heteroatoms. The summed E-state index contributed by atoms with van der Waals surface area (Å²) in [6, 6.07) is 0. The molecule has 3 saturated carbocycles. The standard InChI is InChI=1S/C25H42.C5H12/c1-6-7-18-12-14-24(4)19(16-18)8-9-20-22-11-10-21(17(2)3)25(22,5)15-13-23(20)24;1-4-5(2)3/h8,17-18,20-23H,6-7,9-16H2,1-5H3;5H,4H2,1-3H3. The van der Waals surface area contributed by atoms with Gasteiger partial charge >= 0.3 is 0 Å². The fourth-order valence-corrected chi connectivity index (χ4v) is 8.53. The Kier molecular flexibility index (Phi) is 7.89. The zero-order chi connectivity index (χ0) is 22.1. The third-order valence-corrected chi connectivity index (χ3v) is 10.6. The van der Waals surface area contributed by atoms with Crippen LogP contribution in [0.15, 0.2) is 11.6 Å². The van der Waals surface area contributed by atoms with Gasteiger partial charge in [-0.05, 0) is 104 Å². The molecule has 30 heavy (non-hydrogen) atoms. The van der Waals surface area contributed by atoms with Gasteiger partial charge in [0.25, 0.3) is 0 Å². The van der Waals surface area contributed by atoms with E-state index in [4.69, 9.17) is 0 Å². The van der Waals surface area contributed by atoms with E-state index in [-0.39, 0.29) is 0 Å². The van der Waals surface area contributed by atoms with Gasteiger partial charge in [0.15, 0.2) is 0 Å². The number of fused-ring (bicyclic) bond motifs is 5. The first-order valence-electron chi connectivity index (χ1n) is 13.9. The molecule has 7 unspecified atom stereocenters. The molecule has 0 N–H and O–H groups in total. The lowest BCUT2D eigenvalue weighted by Crippen LogP contribution is -2.50. The van der Waals surface area contributed by atoms with Crippen LogP contribution in [-0.2, 0) is 0 Å². The molecule has 0 bridgehead atoms. The molecule has 0 saturated heterocycles. The van der Waals surface area contributed by atoms with Crippen molar-refractivity contribution in [3.63, 3.8) is 0 Å². The maximum atomic E-state index is 2.76. The molecule has 0 aromatic rings. The van der Waals surface area contributed by atoms with Crippen LogP contribution < -0.4 is 0 Å². The second-order valence-corrected chi connectivity index (χ2v) is 12.9. The zero-order valence-electron chi connectivity index (χ0n) is 21.9. The highest BCUT2D eigenvalue weighted by Gasteiger charge is 2.58. The Balaban J connectivity index is 0.000000461. The van der Waals surface area contributed by atoms with Crippen LogP contribution in [0.25, 0.3) is 0 Å². The van der Waals surface area contributed by atoms with E-state index >= 15 is 0 Å². The average molecular weight is 415 g/mol. The third-order valence-electron chi connectivity index (χ3n) is 10.6. The zero-order valence-corrected chi connectivity index (χ0v) is 21.9. The Labute approximate surface area is 190 Å². The summed E-state index contributed by atoms with van der Waals surface area (Å²) < 4.78 is 0. The molecule has 0 aromatic carbocycles. The fourth-order valence-electron chi connectivity index (χ4n) is 8.53. The van der Waals surface area contributed by atoms with Crippen LogP contribution in [0.3, 0.4) is 0 Å². The lowest BCUT2D eigenvalue weighted by molar-refractivity contribution is -0.0510. The molecule has 0 heterocycles. The molecule has 4 aliphatic carbocycles. The summed E-state index contributed by atoms with van der Waals surface area (Å²) in [7, 11) is 0. The molecule has 4 aliphatic rings. The summed E-state index contributed by atoms with van der Waals surface area (Å²) in [5.41, 5.74) is 3.10. The largest absolute Gasteiger partial charge is 0.0845 e. The highest BCUT2D eigenvalue weighted by atomic mass is 14.6. The molecule has 7 atom stereocenters. The number of hydrogen-bond donors (Lipinski definition) is 0. The predicted octanol–water partition coefficient (Wildman–Crippen LogP) is 9.69. The van der Waals surface area contributed by atoms with Crippen LogP contribution in [-0.4, -0.2) is 0 Å². The van der Waals surface area contributed by atoms with E-state index in [1.807, 2.05) is 5.57 Å². The Hall–Kier alpha value is -0.260. The van der Waals surface area contributed by atoms with Crippen molar-refractivity contribution in [3.8, 4) is 0 Å². The minimum absolute atomic E-state index is 0.560.